The lowest BCUT2D eigenvalue weighted by Gasteiger charge is -2.32. The van der Waals surface area contributed by atoms with Crippen LogP contribution in [0, 0.1) is 6.92 Å². The summed E-state index contributed by atoms with van der Waals surface area (Å²) >= 11 is 0. The molecule has 38 heavy (non-hydrogen) atoms. The fraction of sp³-hybridized carbons (Fsp3) is 0.294. The molecule has 0 aromatic heterocycles. The first-order valence-electron chi connectivity index (χ1n) is 13.6. The van der Waals surface area contributed by atoms with Crippen molar-refractivity contribution in [2.45, 2.75) is 65.1 Å². The number of hydrogen-bond acceptors (Lipinski definition) is 2. The van der Waals surface area contributed by atoms with Crippen molar-refractivity contribution < 1.29 is 9.59 Å². The fourth-order valence-electron chi connectivity index (χ4n) is 4.90. The van der Waals surface area contributed by atoms with Crippen molar-refractivity contribution in [2.75, 3.05) is 0 Å². The SMILES string of the molecule is CCC(C)NC(=O)C(Cc1ccccc1)N(Cc1cccc(C)c1)C(=O)CCc1cccc2ccccc12. The van der Waals surface area contributed by atoms with Gasteiger partial charge >= 0.3 is 0 Å². The molecule has 4 rings (SSSR count). The van der Waals surface area contributed by atoms with Crippen LogP contribution in [-0.2, 0) is 29.0 Å². The summed E-state index contributed by atoms with van der Waals surface area (Å²) in [7, 11) is 0. The lowest BCUT2D eigenvalue weighted by atomic mass is 9.99. The molecule has 0 aliphatic rings. The van der Waals surface area contributed by atoms with Gasteiger partial charge in [0.2, 0.25) is 11.8 Å². The third-order valence-electron chi connectivity index (χ3n) is 7.20. The van der Waals surface area contributed by atoms with Crippen LogP contribution in [0.25, 0.3) is 10.8 Å². The van der Waals surface area contributed by atoms with Gasteiger partial charge in [0.1, 0.15) is 6.04 Å². The van der Waals surface area contributed by atoms with E-state index >= 15 is 0 Å². The van der Waals surface area contributed by atoms with Crippen molar-refractivity contribution in [1.29, 1.82) is 0 Å². The monoisotopic (exact) mass is 506 g/mol. The molecule has 2 amide bonds. The van der Waals surface area contributed by atoms with Crippen molar-refractivity contribution in [3.05, 3.63) is 119 Å². The topological polar surface area (TPSA) is 49.4 Å². The zero-order valence-corrected chi connectivity index (χ0v) is 22.7. The molecule has 0 aliphatic carbocycles. The zero-order valence-electron chi connectivity index (χ0n) is 22.7. The average molecular weight is 507 g/mol. The summed E-state index contributed by atoms with van der Waals surface area (Å²) in [6.07, 6.45) is 2.25. The lowest BCUT2D eigenvalue weighted by molar-refractivity contribution is -0.141. The molecule has 0 aliphatic heterocycles. The molecule has 4 aromatic carbocycles. The van der Waals surface area contributed by atoms with E-state index in [0.29, 0.717) is 25.8 Å². The lowest BCUT2D eigenvalue weighted by Crippen LogP contribution is -2.52. The molecule has 0 bridgehead atoms. The van der Waals surface area contributed by atoms with Gasteiger partial charge in [-0.2, -0.15) is 0 Å². The van der Waals surface area contributed by atoms with Crippen molar-refractivity contribution in [1.82, 2.24) is 10.2 Å². The number of carbonyl (C=O) groups is 2. The summed E-state index contributed by atoms with van der Waals surface area (Å²) in [5.41, 5.74) is 4.34. The number of amides is 2. The predicted molar refractivity (Wildman–Crippen MR) is 156 cm³/mol. The standard InChI is InChI=1S/C34H38N2O2/c1-4-26(3)35-34(38)32(23-27-13-6-5-7-14-27)36(24-28-15-10-12-25(2)22-28)33(37)21-20-30-18-11-17-29-16-8-9-19-31(29)30/h5-19,22,26,32H,4,20-21,23-24H2,1-3H3,(H,35,38). The summed E-state index contributed by atoms with van der Waals surface area (Å²) in [4.78, 5) is 29.4. The fourth-order valence-corrected chi connectivity index (χ4v) is 4.90. The molecular weight excluding hydrogens is 468 g/mol. The Morgan fingerprint density at radius 2 is 1.53 bits per heavy atom. The molecule has 0 fully saturated rings. The highest BCUT2D eigenvalue weighted by atomic mass is 16.2. The molecule has 1 N–H and O–H groups in total. The van der Waals surface area contributed by atoms with Crippen molar-refractivity contribution in [3.63, 3.8) is 0 Å². The Balaban J connectivity index is 1.65. The van der Waals surface area contributed by atoms with Crippen molar-refractivity contribution in [3.8, 4) is 0 Å². The highest BCUT2D eigenvalue weighted by Gasteiger charge is 2.30. The molecule has 4 aromatic rings. The summed E-state index contributed by atoms with van der Waals surface area (Å²) in [6.45, 7) is 6.50. The molecular formula is C34H38N2O2. The van der Waals surface area contributed by atoms with E-state index in [-0.39, 0.29) is 17.9 Å². The number of carbonyl (C=O) groups excluding carboxylic acids is 2. The minimum Gasteiger partial charge on any atom is -0.352 e. The highest BCUT2D eigenvalue weighted by molar-refractivity contribution is 5.89. The van der Waals surface area contributed by atoms with Gasteiger partial charge in [0.05, 0.1) is 0 Å². The van der Waals surface area contributed by atoms with E-state index in [0.717, 1.165) is 28.7 Å². The Labute approximate surface area is 226 Å². The molecule has 0 saturated carbocycles. The summed E-state index contributed by atoms with van der Waals surface area (Å²) in [5.74, 6) is -0.117. The summed E-state index contributed by atoms with van der Waals surface area (Å²) < 4.78 is 0. The van der Waals surface area contributed by atoms with E-state index in [2.05, 4.69) is 42.6 Å². The number of benzene rings is 4. The van der Waals surface area contributed by atoms with Crippen LogP contribution in [0.3, 0.4) is 0 Å². The largest absolute Gasteiger partial charge is 0.352 e. The van der Waals surface area contributed by atoms with Gasteiger partial charge in [0, 0.05) is 25.4 Å². The Hall–Kier alpha value is -3.92. The number of nitrogens with one attached hydrogen (secondary N) is 1. The normalized spacial score (nSPS) is 12.6. The first-order chi connectivity index (χ1) is 18.4. The van der Waals surface area contributed by atoms with Gasteiger partial charge in [-0.25, -0.2) is 0 Å². The van der Waals surface area contributed by atoms with E-state index < -0.39 is 6.04 Å². The maximum absolute atomic E-state index is 14.0. The first-order valence-corrected chi connectivity index (χ1v) is 13.6. The molecule has 196 valence electrons. The Morgan fingerprint density at radius 3 is 2.29 bits per heavy atom. The third-order valence-corrected chi connectivity index (χ3v) is 7.20. The number of rotatable bonds is 11. The predicted octanol–water partition coefficient (Wildman–Crippen LogP) is 6.64. The van der Waals surface area contributed by atoms with E-state index in [1.165, 1.54) is 10.8 Å². The molecule has 4 heteroatoms. The van der Waals surface area contributed by atoms with Gasteiger partial charge in [-0.1, -0.05) is 110 Å². The van der Waals surface area contributed by atoms with E-state index in [1.54, 1.807) is 4.90 Å². The van der Waals surface area contributed by atoms with Gasteiger partial charge in [-0.05, 0) is 54.2 Å². The quantitative estimate of drug-likeness (QED) is 0.248. The summed E-state index contributed by atoms with van der Waals surface area (Å²) in [6, 6.07) is 32.1. The molecule has 4 nitrogen and oxygen atoms in total. The van der Waals surface area contributed by atoms with E-state index in [9.17, 15) is 9.59 Å². The van der Waals surface area contributed by atoms with Crippen LogP contribution in [0.4, 0.5) is 0 Å². The van der Waals surface area contributed by atoms with Crippen molar-refractivity contribution in [2.24, 2.45) is 0 Å². The maximum Gasteiger partial charge on any atom is 0.243 e. The van der Waals surface area contributed by atoms with Crippen LogP contribution in [0.1, 0.15) is 48.9 Å². The highest BCUT2D eigenvalue weighted by Crippen LogP contribution is 2.22. The molecule has 0 heterocycles. The number of fused-ring (bicyclic) bond motifs is 1. The second-order valence-electron chi connectivity index (χ2n) is 10.2. The van der Waals surface area contributed by atoms with Crippen LogP contribution in [-0.4, -0.2) is 28.8 Å². The van der Waals surface area contributed by atoms with Crippen LogP contribution in [0.2, 0.25) is 0 Å². The van der Waals surface area contributed by atoms with Gasteiger partial charge in [0.25, 0.3) is 0 Å². The van der Waals surface area contributed by atoms with E-state index in [1.807, 2.05) is 80.6 Å². The smallest absolute Gasteiger partial charge is 0.243 e. The Bertz CT molecular complexity index is 1360. The molecule has 0 spiro atoms. The molecule has 2 unspecified atom stereocenters. The Kier molecular flexibility index (Phi) is 9.31. The Morgan fingerprint density at radius 1 is 0.842 bits per heavy atom. The van der Waals surface area contributed by atoms with Crippen molar-refractivity contribution >= 4 is 22.6 Å². The van der Waals surface area contributed by atoms with E-state index in [4.69, 9.17) is 0 Å². The van der Waals surface area contributed by atoms with Gasteiger partial charge in [0.15, 0.2) is 0 Å². The third kappa shape index (κ3) is 7.10. The van der Waals surface area contributed by atoms with Crippen LogP contribution >= 0.6 is 0 Å². The number of aryl methyl sites for hydroxylation is 2. The molecule has 0 radical (unpaired) electrons. The minimum atomic E-state index is -0.605. The van der Waals surface area contributed by atoms with Gasteiger partial charge < -0.3 is 10.2 Å². The first kappa shape index (κ1) is 27.1. The van der Waals surface area contributed by atoms with Crippen LogP contribution < -0.4 is 5.32 Å². The second-order valence-corrected chi connectivity index (χ2v) is 10.2. The van der Waals surface area contributed by atoms with Crippen LogP contribution in [0.15, 0.2) is 97.1 Å². The maximum atomic E-state index is 14.0. The number of hydrogen-bond donors (Lipinski definition) is 1. The molecule has 0 saturated heterocycles. The zero-order chi connectivity index (χ0) is 26.9. The minimum absolute atomic E-state index is 0.0142. The van der Waals surface area contributed by atoms with Gasteiger partial charge in [-0.3, -0.25) is 9.59 Å². The number of nitrogens with zero attached hydrogens (tertiary/aromatic N) is 1. The summed E-state index contributed by atoms with van der Waals surface area (Å²) in [5, 5.41) is 5.49. The van der Waals surface area contributed by atoms with Crippen LogP contribution in [0.5, 0.6) is 0 Å². The second kappa shape index (κ2) is 13.0. The van der Waals surface area contributed by atoms with Gasteiger partial charge in [-0.15, -0.1) is 0 Å². The average Bonchev–Trinajstić information content (AvgIpc) is 2.94. The molecule has 2 atom stereocenters.